The molecular formula is C39H31O4PS2. The van der Waals surface area contributed by atoms with Gasteiger partial charge in [0.2, 0.25) is 0 Å². The number of hydrogen-bond donors (Lipinski definition) is 1. The summed E-state index contributed by atoms with van der Waals surface area (Å²) >= 11 is 0. The van der Waals surface area contributed by atoms with Gasteiger partial charge in [-0.25, -0.2) is 0 Å². The van der Waals surface area contributed by atoms with Crippen molar-refractivity contribution in [2.45, 2.75) is 16.0 Å². The van der Waals surface area contributed by atoms with Crippen molar-refractivity contribution >= 4 is 56.3 Å². The second kappa shape index (κ2) is 13.8. The molecule has 6 aromatic rings. The maximum atomic E-state index is 14.9. The summed E-state index contributed by atoms with van der Waals surface area (Å²) in [5, 5.41) is 12.5. The quantitative estimate of drug-likeness (QED) is 0.111. The number of carbonyl (C=O) groups is 2. The summed E-state index contributed by atoms with van der Waals surface area (Å²) in [4.78, 5) is 28.0. The Morgan fingerprint density at radius 1 is 0.500 bits per heavy atom. The van der Waals surface area contributed by atoms with Crippen LogP contribution >= 0.6 is 28.4 Å². The van der Waals surface area contributed by atoms with Crippen LogP contribution in [0.1, 0.15) is 26.3 Å². The Morgan fingerprint density at radius 3 is 1.33 bits per heavy atom. The van der Waals surface area contributed by atoms with Crippen LogP contribution in [-0.2, 0) is 10.7 Å². The van der Waals surface area contributed by atoms with Crippen molar-refractivity contribution < 1.29 is 19.2 Å². The number of carbonyl (C=O) groups excluding carboxylic acids is 1. The molecule has 0 spiro atoms. The predicted molar refractivity (Wildman–Crippen MR) is 192 cm³/mol. The monoisotopic (exact) mass is 658 g/mol. The zero-order chi connectivity index (χ0) is 31.8. The van der Waals surface area contributed by atoms with E-state index in [4.69, 9.17) is 4.52 Å². The normalized spacial score (nSPS) is 12.0. The number of aromatic carboxylic acids is 1. The molecule has 0 atom stereocenters. The molecule has 0 aliphatic carbocycles. The SMILES string of the molecule is O=C(O)c1ccccc1SSc1ccccc1C(=O)OP(Cc1ccccc1)(c1ccccc1)(c1ccccc1)c1ccccc1. The molecule has 7 heteroatoms. The molecule has 0 saturated heterocycles. The Labute approximate surface area is 276 Å². The molecule has 0 fully saturated rings. The van der Waals surface area contributed by atoms with Gasteiger partial charge in [0.25, 0.3) is 0 Å². The van der Waals surface area contributed by atoms with Gasteiger partial charge in [0.05, 0.1) is 0 Å². The Kier molecular flexibility index (Phi) is 9.41. The molecule has 4 nitrogen and oxygen atoms in total. The summed E-state index contributed by atoms with van der Waals surface area (Å²) in [6.45, 7) is -4.07. The minimum absolute atomic E-state index is 0.213. The van der Waals surface area contributed by atoms with Crippen LogP contribution in [0.4, 0.5) is 0 Å². The molecule has 0 aliphatic heterocycles. The van der Waals surface area contributed by atoms with Crippen LogP contribution in [0.3, 0.4) is 0 Å². The first kappa shape index (κ1) is 31.4. The van der Waals surface area contributed by atoms with Crippen molar-refractivity contribution in [2.75, 3.05) is 0 Å². The van der Waals surface area contributed by atoms with Crippen LogP contribution in [0.5, 0.6) is 0 Å². The van der Waals surface area contributed by atoms with Crippen molar-refractivity contribution in [3.8, 4) is 0 Å². The number of hydrogen-bond acceptors (Lipinski definition) is 5. The molecular weight excluding hydrogens is 628 g/mol. The first-order chi connectivity index (χ1) is 22.5. The zero-order valence-electron chi connectivity index (χ0n) is 24.8. The fraction of sp³-hybridized carbons (Fsp3) is 0.0256. The molecule has 0 radical (unpaired) electrons. The molecule has 0 aromatic heterocycles. The van der Waals surface area contributed by atoms with E-state index < -0.39 is 18.8 Å². The second-order valence-corrected chi connectivity index (χ2v) is 17.4. The van der Waals surface area contributed by atoms with Crippen LogP contribution in [0.2, 0.25) is 0 Å². The van der Waals surface area contributed by atoms with Gasteiger partial charge in [-0.05, 0) is 0 Å². The first-order valence-electron chi connectivity index (χ1n) is 14.7. The summed E-state index contributed by atoms with van der Waals surface area (Å²) in [6, 6.07) is 54.8. The first-order valence-corrected chi connectivity index (χ1v) is 19.2. The van der Waals surface area contributed by atoms with E-state index in [-0.39, 0.29) is 5.56 Å². The number of carboxylic acid groups (broad SMARTS) is 1. The van der Waals surface area contributed by atoms with Gasteiger partial charge in [-0.1, -0.05) is 0 Å². The van der Waals surface area contributed by atoms with Gasteiger partial charge in [0.1, 0.15) is 0 Å². The molecule has 0 saturated carbocycles. The molecule has 0 heterocycles. The third-order valence-corrected chi connectivity index (χ3v) is 16.2. The van der Waals surface area contributed by atoms with Gasteiger partial charge < -0.3 is 0 Å². The van der Waals surface area contributed by atoms with Gasteiger partial charge in [-0.3, -0.25) is 0 Å². The van der Waals surface area contributed by atoms with E-state index in [0.717, 1.165) is 21.5 Å². The molecule has 46 heavy (non-hydrogen) atoms. The van der Waals surface area contributed by atoms with E-state index in [9.17, 15) is 14.7 Å². The van der Waals surface area contributed by atoms with Gasteiger partial charge in [0, 0.05) is 0 Å². The predicted octanol–water partition coefficient (Wildman–Crippen LogP) is 8.99. The van der Waals surface area contributed by atoms with E-state index in [1.54, 1.807) is 24.3 Å². The molecule has 6 aromatic carbocycles. The van der Waals surface area contributed by atoms with Crippen molar-refractivity contribution in [1.29, 1.82) is 0 Å². The standard InChI is InChI=1S/C39H31O4PS2/c40-38(41)34-25-13-15-27-36(34)45-46-37-28-16-14-26-35(37)39(42)43-44(31-19-7-2-8-20-31,32-21-9-3-10-22-32,33-23-11-4-12-24-33)29-30-17-5-1-6-18-30/h1-28H,29H2,(H,40,41). The fourth-order valence-corrected chi connectivity index (χ4v) is 13.8. The minimum atomic E-state index is -4.07. The van der Waals surface area contributed by atoms with E-state index in [0.29, 0.717) is 21.5 Å². The van der Waals surface area contributed by atoms with Crippen molar-refractivity contribution in [3.05, 3.63) is 187 Å². The molecule has 0 amide bonds. The van der Waals surface area contributed by atoms with Crippen molar-refractivity contribution in [1.82, 2.24) is 0 Å². The summed E-state index contributed by atoms with van der Waals surface area (Å²) < 4.78 is 7.30. The second-order valence-electron chi connectivity index (χ2n) is 10.7. The summed E-state index contributed by atoms with van der Waals surface area (Å²) in [7, 11) is 2.65. The van der Waals surface area contributed by atoms with Gasteiger partial charge in [-0.2, -0.15) is 0 Å². The van der Waals surface area contributed by atoms with Crippen LogP contribution < -0.4 is 15.9 Å². The van der Waals surface area contributed by atoms with Crippen molar-refractivity contribution in [2.24, 2.45) is 0 Å². The van der Waals surface area contributed by atoms with E-state index >= 15 is 0 Å². The van der Waals surface area contributed by atoms with E-state index in [2.05, 4.69) is 48.5 Å². The third kappa shape index (κ3) is 6.00. The third-order valence-electron chi connectivity index (χ3n) is 7.96. The summed E-state index contributed by atoms with van der Waals surface area (Å²) in [5.41, 5.74) is 1.68. The van der Waals surface area contributed by atoms with Gasteiger partial charge >= 0.3 is 278 Å². The average Bonchev–Trinajstić information content (AvgIpc) is 3.12. The van der Waals surface area contributed by atoms with Crippen LogP contribution in [0.15, 0.2) is 180 Å². The molecule has 1 N–H and O–H groups in total. The molecule has 0 unspecified atom stereocenters. The summed E-state index contributed by atoms with van der Waals surface area (Å²) in [5.74, 6) is -1.44. The maximum absolute atomic E-state index is 14.9. The number of carboxylic acids is 1. The molecule has 6 rings (SSSR count). The van der Waals surface area contributed by atoms with E-state index in [1.165, 1.54) is 21.6 Å². The molecule has 0 aliphatic rings. The van der Waals surface area contributed by atoms with Crippen LogP contribution in [0.25, 0.3) is 0 Å². The van der Waals surface area contributed by atoms with Crippen LogP contribution in [-0.4, -0.2) is 17.0 Å². The Balaban J connectivity index is 1.55. The summed E-state index contributed by atoms with van der Waals surface area (Å²) in [6.07, 6.45) is 0.465. The Hall–Kier alpha value is -4.61. The molecule has 228 valence electrons. The number of benzene rings is 6. The Bertz CT molecular complexity index is 1850. The van der Waals surface area contributed by atoms with Gasteiger partial charge in [0.15, 0.2) is 0 Å². The zero-order valence-corrected chi connectivity index (χ0v) is 27.3. The number of rotatable bonds is 11. The molecule has 0 bridgehead atoms. The topological polar surface area (TPSA) is 63.6 Å². The van der Waals surface area contributed by atoms with Crippen LogP contribution in [0, 0.1) is 0 Å². The van der Waals surface area contributed by atoms with Gasteiger partial charge in [-0.15, -0.1) is 0 Å². The average molecular weight is 659 g/mol. The fourth-order valence-electron chi connectivity index (χ4n) is 5.82. The van der Waals surface area contributed by atoms with E-state index in [1.807, 2.05) is 97.1 Å². The van der Waals surface area contributed by atoms with Crippen molar-refractivity contribution in [3.63, 3.8) is 0 Å². The Morgan fingerprint density at radius 2 is 0.870 bits per heavy atom.